The van der Waals surface area contributed by atoms with E-state index in [0.717, 1.165) is 19.4 Å². The molecule has 1 amide bonds. The lowest BCUT2D eigenvalue weighted by molar-refractivity contribution is -0.120. The van der Waals surface area contributed by atoms with Crippen LogP contribution < -0.4 is 10.6 Å². The van der Waals surface area contributed by atoms with Crippen molar-refractivity contribution in [2.45, 2.75) is 25.8 Å². The molecule has 3 N–H and O–H groups in total. The number of rotatable bonds is 2. The first-order valence-electron chi connectivity index (χ1n) is 5.85. The molecule has 1 fully saturated rings. The van der Waals surface area contributed by atoms with E-state index in [0.29, 0.717) is 6.04 Å². The highest BCUT2D eigenvalue weighted by atomic mass is 35.5. The van der Waals surface area contributed by atoms with Crippen molar-refractivity contribution in [3.63, 3.8) is 0 Å². The Morgan fingerprint density at radius 1 is 1.61 bits per heavy atom. The van der Waals surface area contributed by atoms with Crippen LogP contribution in [0.25, 0.3) is 0 Å². The molecule has 6 heteroatoms. The Bertz CT molecular complexity index is 414. The number of halogens is 1. The molecule has 1 aromatic rings. The van der Waals surface area contributed by atoms with Gasteiger partial charge in [-0.25, -0.2) is 4.98 Å². The van der Waals surface area contributed by atoms with E-state index >= 15 is 0 Å². The van der Waals surface area contributed by atoms with E-state index in [9.17, 15) is 9.90 Å². The molecule has 1 aromatic heterocycles. The normalized spacial score (nSPS) is 22.9. The predicted octanol–water partition coefficient (Wildman–Crippen LogP) is 1.54. The Morgan fingerprint density at radius 2 is 2.39 bits per heavy atom. The first-order chi connectivity index (χ1) is 8.16. The number of hydrogen-bond acceptors (Lipinski definition) is 4. The summed E-state index contributed by atoms with van der Waals surface area (Å²) in [5.74, 6) is 0.173. The number of nitrogens with one attached hydrogen (secondary N) is 2. The van der Waals surface area contributed by atoms with Crippen LogP contribution in [0.1, 0.15) is 19.8 Å². The molecule has 1 saturated heterocycles. The van der Waals surface area contributed by atoms with Crippen molar-refractivity contribution in [2.75, 3.05) is 11.9 Å². The number of piperidine rings is 1. The fourth-order valence-electron chi connectivity index (χ4n) is 2.08. The fraction of sp³-hybridized carbons (Fsp3) is 0.500. The van der Waals surface area contributed by atoms with Crippen LogP contribution >= 0.6 is 12.4 Å². The van der Waals surface area contributed by atoms with Crippen molar-refractivity contribution in [3.05, 3.63) is 18.3 Å². The van der Waals surface area contributed by atoms with Gasteiger partial charge >= 0.3 is 0 Å². The summed E-state index contributed by atoms with van der Waals surface area (Å²) < 4.78 is 0. The molecule has 2 heterocycles. The molecule has 0 radical (unpaired) electrons. The summed E-state index contributed by atoms with van der Waals surface area (Å²) in [7, 11) is 0. The Hall–Kier alpha value is -1.33. The number of nitrogens with zero attached hydrogens (tertiary/aromatic N) is 1. The molecule has 0 bridgehead atoms. The molecule has 0 spiro atoms. The van der Waals surface area contributed by atoms with Crippen LogP contribution in [0.2, 0.25) is 0 Å². The van der Waals surface area contributed by atoms with E-state index in [-0.39, 0.29) is 35.8 Å². The second-order valence-electron chi connectivity index (χ2n) is 4.44. The van der Waals surface area contributed by atoms with Crippen LogP contribution in [0.15, 0.2) is 18.3 Å². The van der Waals surface area contributed by atoms with Gasteiger partial charge in [0, 0.05) is 18.2 Å². The van der Waals surface area contributed by atoms with E-state index in [2.05, 4.69) is 22.5 Å². The molecule has 2 rings (SSSR count). The van der Waals surface area contributed by atoms with E-state index in [1.807, 2.05) is 0 Å². The van der Waals surface area contributed by atoms with Crippen molar-refractivity contribution < 1.29 is 9.90 Å². The summed E-state index contributed by atoms with van der Waals surface area (Å²) in [6.45, 7) is 2.92. The number of pyridine rings is 1. The van der Waals surface area contributed by atoms with Gasteiger partial charge < -0.3 is 15.7 Å². The minimum Gasteiger partial charge on any atom is -0.504 e. The lowest BCUT2D eigenvalue weighted by atomic mass is 9.92. The van der Waals surface area contributed by atoms with Crippen LogP contribution in [0.5, 0.6) is 5.75 Å². The summed E-state index contributed by atoms with van der Waals surface area (Å²) in [5, 5.41) is 15.5. The number of carbonyl (C=O) groups excluding carboxylic acids is 1. The first-order valence-corrected chi connectivity index (χ1v) is 5.85. The third kappa shape index (κ3) is 3.58. The molecule has 0 aromatic carbocycles. The predicted molar refractivity (Wildman–Crippen MR) is 72.0 cm³/mol. The number of aromatic nitrogens is 1. The van der Waals surface area contributed by atoms with Gasteiger partial charge in [-0.3, -0.25) is 4.79 Å². The van der Waals surface area contributed by atoms with E-state index in [4.69, 9.17) is 0 Å². The lowest BCUT2D eigenvalue weighted by Gasteiger charge is -2.26. The Balaban J connectivity index is 0.00000162. The van der Waals surface area contributed by atoms with Crippen LogP contribution in [0.3, 0.4) is 0 Å². The highest BCUT2D eigenvalue weighted by molar-refractivity contribution is 5.92. The van der Waals surface area contributed by atoms with Crippen LogP contribution in [-0.4, -0.2) is 28.6 Å². The molecule has 0 saturated carbocycles. The zero-order valence-corrected chi connectivity index (χ0v) is 11.0. The van der Waals surface area contributed by atoms with Gasteiger partial charge in [-0.15, -0.1) is 12.4 Å². The minimum atomic E-state index is -0.0626. The largest absolute Gasteiger partial charge is 0.504 e. The second-order valence-corrected chi connectivity index (χ2v) is 4.44. The van der Waals surface area contributed by atoms with Gasteiger partial charge in [-0.2, -0.15) is 0 Å². The third-order valence-corrected chi connectivity index (χ3v) is 3.02. The van der Waals surface area contributed by atoms with Crippen molar-refractivity contribution >= 4 is 24.1 Å². The second kappa shape index (κ2) is 6.56. The molecule has 1 aliphatic rings. The maximum Gasteiger partial charge on any atom is 0.228 e. The van der Waals surface area contributed by atoms with Gasteiger partial charge in [0.25, 0.3) is 0 Å². The topological polar surface area (TPSA) is 74.2 Å². The molecule has 5 nitrogen and oxygen atoms in total. The molecule has 18 heavy (non-hydrogen) atoms. The average molecular weight is 272 g/mol. The van der Waals surface area contributed by atoms with Crippen molar-refractivity contribution in [1.29, 1.82) is 0 Å². The Kier molecular flexibility index (Phi) is 5.37. The smallest absolute Gasteiger partial charge is 0.228 e. The molecule has 2 atom stereocenters. The first kappa shape index (κ1) is 14.7. The van der Waals surface area contributed by atoms with Gasteiger partial charge in [0.2, 0.25) is 5.91 Å². The van der Waals surface area contributed by atoms with Gasteiger partial charge in [0.1, 0.15) is 0 Å². The standard InChI is InChI=1S/C12H17N3O2.ClH/c1-8-7-9(4-6-13-8)12(17)15-11-10(16)3-2-5-14-11;/h2-3,5,8-9,13,16H,4,6-7H2,1H3,(H,14,15,17);1H/t8-,9-;/m0./s1. The SMILES string of the molecule is C[C@H]1C[C@@H](C(=O)Nc2ncccc2O)CCN1.Cl. The van der Waals surface area contributed by atoms with Gasteiger partial charge in [-0.1, -0.05) is 0 Å². The maximum atomic E-state index is 12.0. The van der Waals surface area contributed by atoms with Gasteiger partial charge in [0.05, 0.1) is 0 Å². The van der Waals surface area contributed by atoms with Crippen LogP contribution in [0, 0.1) is 5.92 Å². The number of hydrogen-bond donors (Lipinski definition) is 3. The quantitative estimate of drug-likeness (QED) is 0.763. The Labute approximate surface area is 112 Å². The van der Waals surface area contributed by atoms with Gasteiger partial charge in [0.15, 0.2) is 11.6 Å². The average Bonchev–Trinajstić information content (AvgIpc) is 2.32. The van der Waals surface area contributed by atoms with E-state index in [1.54, 1.807) is 12.3 Å². The fourth-order valence-corrected chi connectivity index (χ4v) is 2.08. The monoisotopic (exact) mass is 271 g/mol. The molecule has 100 valence electrons. The van der Waals surface area contributed by atoms with Gasteiger partial charge in [-0.05, 0) is 38.4 Å². The van der Waals surface area contributed by atoms with E-state index in [1.165, 1.54) is 6.07 Å². The number of carbonyl (C=O) groups is 1. The summed E-state index contributed by atoms with van der Waals surface area (Å²) in [5.41, 5.74) is 0. The zero-order chi connectivity index (χ0) is 12.3. The molecule has 0 aliphatic carbocycles. The number of amides is 1. The molecular formula is C12H18ClN3O2. The minimum absolute atomic E-state index is 0. The lowest BCUT2D eigenvalue weighted by Crippen LogP contribution is -2.40. The van der Waals surface area contributed by atoms with Crippen LogP contribution in [0.4, 0.5) is 5.82 Å². The maximum absolute atomic E-state index is 12.0. The van der Waals surface area contributed by atoms with Crippen molar-refractivity contribution in [2.24, 2.45) is 5.92 Å². The Morgan fingerprint density at radius 3 is 3.06 bits per heavy atom. The zero-order valence-electron chi connectivity index (χ0n) is 10.2. The molecular weight excluding hydrogens is 254 g/mol. The molecule has 0 unspecified atom stereocenters. The third-order valence-electron chi connectivity index (χ3n) is 3.02. The van der Waals surface area contributed by atoms with Crippen molar-refractivity contribution in [1.82, 2.24) is 10.3 Å². The molecule has 1 aliphatic heterocycles. The van der Waals surface area contributed by atoms with E-state index < -0.39 is 0 Å². The van der Waals surface area contributed by atoms with Crippen LogP contribution in [-0.2, 0) is 4.79 Å². The summed E-state index contributed by atoms with van der Waals surface area (Å²) in [6, 6.07) is 3.49. The summed E-state index contributed by atoms with van der Waals surface area (Å²) in [4.78, 5) is 15.9. The summed E-state index contributed by atoms with van der Waals surface area (Å²) >= 11 is 0. The number of aromatic hydroxyl groups is 1. The van der Waals surface area contributed by atoms with Crippen molar-refractivity contribution in [3.8, 4) is 5.75 Å². The highest BCUT2D eigenvalue weighted by Gasteiger charge is 2.25. The highest BCUT2D eigenvalue weighted by Crippen LogP contribution is 2.22. The summed E-state index contributed by atoms with van der Waals surface area (Å²) in [6.07, 6.45) is 3.18. The number of anilines is 1.